The van der Waals surface area contributed by atoms with Crippen LogP contribution in [-0.2, 0) is 9.53 Å². The molecule has 0 aromatic heterocycles. The molecule has 0 unspecified atom stereocenters. The second-order valence-corrected chi connectivity index (χ2v) is 8.42. The first-order chi connectivity index (χ1) is 15.4. The Morgan fingerprint density at radius 3 is 2.38 bits per heavy atom. The van der Waals surface area contributed by atoms with E-state index in [1.807, 2.05) is 6.07 Å². The van der Waals surface area contributed by atoms with Crippen LogP contribution in [0.3, 0.4) is 0 Å². The zero-order valence-corrected chi connectivity index (χ0v) is 19.5. The van der Waals surface area contributed by atoms with Crippen molar-refractivity contribution in [3.8, 4) is 5.75 Å². The Morgan fingerprint density at radius 2 is 1.69 bits per heavy atom. The van der Waals surface area contributed by atoms with E-state index in [4.69, 9.17) is 9.47 Å². The first kappa shape index (κ1) is 22.1. The molecule has 0 N–H and O–H groups in total. The van der Waals surface area contributed by atoms with E-state index < -0.39 is 11.8 Å². The largest absolute Gasteiger partial charge is 0.483 e. The third kappa shape index (κ3) is 4.87. The topological polar surface area (TPSA) is 65.0 Å². The van der Waals surface area contributed by atoms with Gasteiger partial charge in [0.2, 0.25) is 5.90 Å². The number of Topliss-reactive ketones (excluding diaryl/α,β-unsaturated/α-hetero) is 1. The Labute approximate surface area is 199 Å². The number of hydrogen-bond donors (Lipinski definition) is 0. The summed E-state index contributed by atoms with van der Waals surface area (Å²) in [6.45, 7) is -0.135. The summed E-state index contributed by atoms with van der Waals surface area (Å²) in [5.74, 6) is -1.00. The van der Waals surface area contributed by atoms with Crippen molar-refractivity contribution in [2.24, 2.45) is 4.99 Å². The van der Waals surface area contributed by atoms with E-state index in [-0.39, 0.29) is 29.5 Å². The van der Waals surface area contributed by atoms with Gasteiger partial charge in [0.05, 0.1) is 14.5 Å². The number of carbonyl (C=O) groups is 2. The van der Waals surface area contributed by atoms with Crippen LogP contribution >= 0.6 is 31.9 Å². The number of aliphatic imine (C=N–C) groups is 1. The molecule has 1 aliphatic rings. The van der Waals surface area contributed by atoms with Crippen molar-refractivity contribution >= 4 is 55.6 Å². The molecule has 0 saturated carbocycles. The molecule has 0 amide bonds. The lowest BCUT2D eigenvalue weighted by atomic mass is 10.1. The number of cyclic esters (lactones) is 1. The maximum Gasteiger partial charge on any atom is 0.363 e. The van der Waals surface area contributed by atoms with Gasteiger partial charge in [-0.25, -0.2) is 14.2 Å². The normalized spacial score (nSPS) is 14.3. The van der Waals surface area contributed by atoms with Crippen LogP contribution in [-0.4, -0.2) is 24.3 Å². The number of nitrogens with zero attached hydrogens (tertiary/aromatic N) is 1. The summed E-state index contributed by atoms with van der Waals surface area (Å²) < 4.78 is 25.9. The predicted octanol–water partition coefficient (Wildman–Crippen LogP) is 5.96. The second-order valence-electron chi connectivity index (χ2n) is 6.71. The van der Waals surface area contributed by atoms with E-state index in [1.165, 1.54) is 18.2 Å². The minimum absolute atomic E-state index is 0.0370. The maximum absolute atomic E-state index is 14.0. The first-order valence-electron chi connectivity index (χ1n) is 9.40. The zero-order valence-electron chi connectivity index (χ0n) is 16.3. The maximum atomic E-state index is 14.0. The second kappa shape index (κ2) is 9.58. The van der Waals surface area contributed by atoms with Gasteiger partial charge in [-0.2, -0.15) is 0 Å². The average molecular weight is 559 g/mol. The van der Waals surface area contributed by atoms with Gasteiger partial charge in [-0.05, 0) is 67.8 Å². The van der Waals surface area contributed by atoms with Crippen molar-refractivity contribution in [3.05, 3.63) is 104 Å². The molecule has 1 heterocycles. The fourth-order valence-electron chi connectivity index (χ4n) is 2.96. The monoisotopic (exact) mass is 557 g/mol. The van der Waals surface area contributed by atoms with Gasteiger partial charge in [-0.15, -0.1) is 0 Å². The molecule has 0 radical (unpaired) electrons. The number of ketones is 1. The highest BCUT2D eigenvalue weighted by atomic mass is 79.9. The Kier molecular flexibility index (Phi) is 6.62. The number of ether oxygens (including phenoxy) is 2. The summed E-state index contributed by atoms with van der Waals surface area (Å²) in [7, 11) is 0. The summed E-state index contributed by atoms with van der Waals surface area (Å²) in [4.78, 5) is 28.6. The van der Waals surface area contributed by atoms with Gasteiger partial charge >= 0.3 is 5.97 Å². The summed E-state index contributed by atoms with van der Waals surface area (Å²) in [6, 6.07) is 18.2. The molecule has 32 heavy (non-hydrogen) atoms. The van der Waals surface area contributed by atoms with Gasteiger partial charge in [-0.3, -0.25) is 4.79 Å². The van der Waals surface area contributed by atoms with Crippen molar-refractivity contribution in [3.63, 3.8) is 0 Å². The van der Waals surface area contributed by atoms with E-state index in [0.717, 1.165) is 0 Å². The predicted molar refractivity (Wildman–Crippen MR) is 125 cm³/mol. The van der Waals surface area contributed by atoms with E-state index in [9.17, 15) is 14.0 Å². The van der Waals surface area contributed by atoms with Crippen LogP contribution in [0.4, 0.5) is 4.39 Å². The molecule has 0 spiro atoms. The van der Waals surface area contributed by atoms with E-state index >= 15 is 0 Å². The smallest absolute Gasteiger partial charge is 0.363 e. The van der Waals surface area contributed by atoms with Crippen LogP contribution in [0.5, 0.6) is 5.75 Å². The average Bonchev–Trinajstić information content (AvgIpc) is 3.13. The standard InChI is InChI=1S/C24H14Br2FNO4/c25-17-10-14(11-18(26)22(17)31-13-21(29)15-6-2-1-3-7-15)12-20-24(30)32-23(28-20)16-8-4-5-9-19(16)27/h1-12H,13H2/b20-12-. The van der Waals surface area contributed by atoms with Crippen LogP contribution in [0.25, 0.3) is 6.08 Å². The molecule has 8 heteroatoms. The minimum atomic E-state index is -0.677. The lowest BCUT2D eigenvalue weighted by Gasteiger charge is -2.11. The number of benzene rings is 3. The van der Waals surface area contributed by atoms with Crippen molar-refractivity contribution in [1.29, 1.82) is 0 Å². The first-order valence-corrected chi connectivity index (χ1v) is 11.0. The van der Waals surface area contributed by atoms with Gasteiger partial charge in [-0.1, -0.05) is 42.5 Å². The lowest BCUT2D eigenvalue weighted by molar-refractivity contribution is -0.129. The molecule has 1 aliphatic heterocycles. The van der Waals surface area contributed by atoms with Crippen molar-refractivity contribution in [2.75, 3.05) is 6.61 Å². The van der Waals surface area contributed by atoms with Crippen LogP contribution in [0, 0.1) is 5.82 Å². The van der Waals surface area contributed by atoms with Gasteiger partial charge in [0.15, 0.2) is 18.1 Å². The SMILES string of the molecule is O=C1OC(c2ccccc2F)=N/C1=C\c1cc(Br)c(OCC(=O)c2ccccc2)c(Br)c1. The van der Waals surface area contributed by atoms with Gasteiger partial charge in [0.1, 0.15) is 11.6 Å². The van der Waals surface area contributed by atoms with Gasteiger partial charge in [0.25, 0.3) is 0 Å². The van der Waals surface area contributed by atoms with E-state index in [0.29, 0.717) is 25.8 Å². The highest BCUT2D eigenvalue weighted by Gasteiger charge is 2.26. The summed E-state index contributed by atoms with van der Waals surface area (Å²) in [5, 5.41) is 0. The fourth-order valence-corrected chi connectivity index (χ4v) is 4.41. The molecule has 160 valence electrons. The molecule has 3 aromatic carbocycles. The molecular formula is C24H14Br2FNO4. The minimum Gasteiger partial charge on any atom is -0.483 e. The molecule has 0 saturated heterocycles. The number of esters is 1. The van der Waals surface area contributed by atoms with E-state index in [1.54, 1.807) is 48.5 Å². The van der Waals surface area contributed by atoms with Gasteiger partial charge in [0, 0.05) is 5.56 Å². The zero-order chi connectivity index (χ0) is 22.7. The number of carbonyl (C=O) groups excluding carboxylic acids is 2. The van der Waals surface area contributed by atoms with Crippen molar-refractivity contribution in [1.82, 2.24) is 0 Å². The van der Waals surface area contributed by atoms with Crippen LogP contribution < -0.4 is 4.74 Å². The fraction of sp³-hybridized carbons (Fsp3) is 0.0417. The molecule has 4 rings (SSSR count). The molecule has 3 aromatic rings. The Balaban J connectivity index is 1.54. The highest BCUT2D eigenvalue weighted by Crippen LogP contribution is 2.36. The van der Waals surface area contributed by atoms with Gasteiger partial charge < -0.3 is 9.47 Å². The summed E-state index contributed by atoms with van der Waals surface area (Å²) in [5.41, 5.74) is 1.33. The Hall–Kier alpha value is -3.10. The molecule has 0 fully saturated rings. The number of hydrogen-bond acceptors (Lipinski definition) is 5. The van der Waals surface area contributed by atoms with E-state index in [2.05, 4.69) is 36.9 Å². The summed E-state index contributed by atoms with van der Waals surface area (Å²) in [6.07, 6.45) is 1.52. The third-order valence-corrected chi connectivity index (χ3v) is 5.67. The van der Waals surface area contributed by atoms with Crippen LogP contribution in [0.2, 0.25) is 0 Å². The Bertz CT molecular complexity index is 1250. The summed E-state index contributed by atoms with van der Waals surface area (Å²) >= 11 is 6.86. The van der Waals surface area contributed by atoms with Crippen LogP contribution in [0.15, 0.2) is 86.4 Å². The third-order valence-electron chi connectivity index (χ3n) is 4.49. The van der Waals surface area contributed by atoms with Crippen molar-refractivity contribution in [2.45, 2.75) is 0 Å². The number of halogens is 3. The van der Waals surface area contributed by atoms with Crippen LogP contribution in [0.1, 0.15) is 21.5 Å². The molecule has 5 nitrogen and oxygen atoms in total. The Morgan fingerprint density at radius 1 is 1.03 bits per heavy atom. The molecule has 0 bridgehead atoms. The molecule has 0 atom stereocenters. The highest BCUT2D eigenvalue weighted by molar-refractivity contribution is 9.11. The lowest BCUT2D eigenvalue weighted by Crippen LogP contribution is -2.12. The quantitative estimate of drug-likeness (QED) is 0.213. The molecular weight excluding hydrogens is 545 g/mol. The van der Waals surface area contributed by atoms with Crippen molar-refractivity contribution < 1.29 is 23.5 Å². The number of rotatable bonds is 6. The molecule has 0 aliphatic carbocycles.